The third-order valence-corrected chi connectivity index (χ3v) is 5.09. The molecule has 1 N–H and O–H groups in total. The van der Waals surface area contributed by atoms with E-state index in [9.17, 15) is 18.5 Å². The van der Waals surface area contributed by atoms with Crippen LogP contribution in [0.3, 0.4) is 0 Å². The van der Waals surface area contributed by atoms with Crippen molar-refractivity contribution in [3.8, 4) is 5.75 Å². The fourth-order valence-electron chi connectivity index (χ4n) is 2.35. The van der Waals surface area contributed by atoms with Gasteiger partial charge in [0, 0.05) is 18.2 Å². The molecule has 3 aromatic rings. The quantitative estimate of drug-likeness (QED) is 0.491. The van der Waals surface area contributed by atoms with Crippen molar-refractivity contribution in [1.82, 2.24) is 0 Å². The van der Waals surface area contributed by atoms with E-state index >= 15 is 0 Å². The molecule has 3 rings (SSSR count). The zero-order valence-electron chi connectivity index (χ0n) is 14.1. The Bertz CT molecular complexity index is 1040. The predicted molar refractivity (Wildman–Crippen MR) is 101 cm³/mol. The second-order valence-corrected chi connectivity index (χ2v) is 7.34. The Labute approximate surface area is 156 Å². The van der Waals surface area contributed by atoms with Crippen LogP contribution in [0.1, 0.15) is 5.56 Å². The first-order valence-electron chi connectivity index (χ1n) is 7.98. The molecule has 3 aromatic carbocycles. The van der Waals surface area contributed by atoms with E-state index in [4.69, 9.17) is 4.74 Å². The number of hydrogen-bond acceptors (Lipinski definition) is 5. The van der Waals surface area contributed by atoms with Gasteiger partial charge in [-0.1, -0.05) is 36.4 Å². The van der Waals surface area contributed by atoms with Crippen molar-refractivity contribution in [3.63, 3.8) is 0 Å². The van der Waals surface area contributed by atoms with Crippen molar-refractivity contribution in [2.45, 2.75) is 11.5 Å². The van der Waals surface area contributed by atoms with Crippen LogP contribution in [-0.4, -0.2) is 13.3 Å². The van der Waals surface area contributed by atoms with Crippen LogP contribution in [0.2, 0.25) is 0 Å². The molecule has 8 heteroatoms. The molecule has 0 saturated heterocycles. The summed E-state index contributed by atoms with van der Waals surface area (Å²) < 4.78 is 33.0. The van der Waals surface area contributed by atoms with Gasteiger partial charge in [0.25, 0.3) is 15.7 Å². The molecular formula is C19H16N2O5S. The van der Waals surface area contributed by atoms with Crippen LogP contribution in [0.5, 0.6) is 5.75 Å². The van der Waals surface area contributed by atoms with Crippen LogP contribution in [0.15, 0.2) is 83.8 Å². The maximum absolute atomic E-state index is 12.5. The highest BCUT2D eigenvalue weighted by Gasteiger charge is 2.16. The Morgan fingerprint density at radius 3 is 2.30 bits per heavy atom. The predicted octanol–water partition coefficient (Wildman–Crippen LogP) is 3.97. The summed E-state index contributed by atoms with van der Waals surface area (Å²) >= 11 is 0. The second-order valence-electron chi connectivity index (χ2n) is 5.66. The number of nitro groups is 1. The van der Waals surface area contributed by atoms with Crippen molar-refractivity contribution in [2.75, 3.05) is 4.72 Å². The molecule has 0 aromatic heterocycles. The minimum atomic E-state index is -3.87. The third-order valence-electron chi connectivity index (χ3n) is 3.69. The van der Waals surface area contributed by atoms with Gasteiger partial charge in [-0.05, 0) is 29.8 Å². The minimum absolute atomic E-state index is 0.0660. The molecule has 0 aliphatic rings. The summed E-state index contributed by atoms with van der Waals surface area (Å²) in [5.74, 6) is 0.516. The van der Waals surface area contributed by atoms with Gasteiger partial charge in [-0.25, -0.2) is 8.42 Å². The molecule has 0 radical (unpaired) electrons. The number of non-ortho nitro benzene ring substituents is 1. The van der Waals surface area contributed by atoms with Crippen LogP contribution in [-0.2, 0) is 16.6 Å². The number of sulfonamides is 1. The van der Waals surface area contributed by atoms with E-state index in [1.807, 2.05) is 30.3 Å². The number of rotatable bonds is 7. The zero-order chi connectivity index (χ0) is 19.3. The summed E-state index contributed by atoms with van der Waals surface area (Å²) in [6.45, 7) is 0.361. The van der Waals surface area contributed by atoms with Crippen LogP contribution < -0.4 is 9.46 Å². The monoisotopic (exact) mass is 384 g/mol. The van der Waals surface area contributed by atoms with Crippen LogP contribution in [0.4, 0.5) is 11.4 Å². The van der Waals surface area contributed by atoms with Crippen LogP contribution in [0, 0.1) is 10.1 Å². The standard InChI is InChI=1S/C19H16N2O5S/c22-21(23)17-9-11-19(12-10-17)27(24,25)20-16-7-4-8-18(13-16)26-14-15-5-2-1-3-6-15/h1-13,20H,14H2. The average molecular weight is 384 g/mol. The van der Waals surface area contributed by atoms with Gasteiger partial charge in [-0.15, -0.1) is 0 Å². The number of nitrogens with zero attached hydrogens (tertiary/aromatic N) is 1. The topological polar surface area (TPSA) is 98.5 Å². The second kappa shape index (κ2) is 7.88. The number of anilines is 1. The number of benzene rings is 3. The normalized spacial score (nSPS) is 11.0. The summed E-state index contributed by atoms with van der Waals surface area (Å²) in [6, 6.07) is 20.8. The molecule has 138 valence electrons. The smallest absolute Gasteiger partial charge is 0.269 e. The lowest BCUT2D eigenvalue weighted by atomic mass is 10.2. The van der Waals surface area contributed by atoms with Gasteiger partial charge >= 0.3 is 0 Å². The third kappa shape index (κ3) is 4.83. The van der Waals surface area contributed by atoms with Crippen LogP contribution in [0.25, 0.3) is 0 Å². The van der Waals surface area contributed by atoms with E-state index in [2.05, 4.69) is 4.72 Å². The fraction of sp³-hybridized carbons (Fsp3) is 0.0526. The van der Waals surface area contributed by atoms with Gasteiger partial charge in [-0.2, -0.15) is 0 Å². The Hall–Kier alpha value is -3.39. The first kappa shape index (κ1) is 18.4. The minimum Gasteiger partial charge on any atom is -0.489 e. The van der Waals surface area contributed by atoms with E-state index < -0.39 is 14.9 Å². The highest BCUT2D eigenvalue weighted by molar-refractivity contribution is 7.92. The molecule has 0 spiro atoms. The van der Waals surface area contributed by atoms with Crippen molar-refractivity contribution in [3.05, 3.63) is 94.5 Å². The number of nitro benzene ring substituents is 1. The van der Waals surface area contributed by atoms with E-state index in [1.165, 1.54) is 12.1 Å². The molecule has 7 nitrogen and oxygen atoms in total. The number of nitrogens with one attached hydrogen (secondary N) is 1. The molecule has 0 fully saturated rings. The summed E-state index contributed by atoms with van der Waals surface area (Å²) in [5, 5.41) is 10.7. The molecule has 0 saturated carbocycles. The lowest BCUT2D eigenvalue weighted by Crippen LogP contribution is -2.13. The summed E-state index contributed by atoms with van der Waals surface area (Å²) in [5.41, 5.74) is 1.15. The summed E-state index contributed by atoms with van der Waals surface area (Å²) in [4.78, 5) is 10.0. The van der Waals surface area contributed by atoms with Crippen molar-refractivity contribution in [2.24, 2.45) is 0 Å². The van der Waals surface area contributed by atoms with Crippen molar-refractivity contribution >= 4 is 21.4 Å². The highest BCUT2D eigenvalue weighted by atomic mass is 32.2. The van der Waals surface area contributed by atoms with E-state index in [-0.39, 0.29) is 10.6 Å². The van der Waals surface area contributed by atoms with Crippen LogP contribution >= 0.6 is 0 Å². The SMILES string of the molecule is O=[N+]([O-])c1ccc(S(=O)(=O)Nc2cccc(OCc3ccccc3)c2)cc1. The molecule has 0 heterocycles. The molecule has 0 aliphatic carbocycles. The molecular weight excluding hydrogens is 368 g/mol. The molecule has 0 amide bonds. The number of hydrogen-bond donors (Lipinski definition) is 1. The molecule has 0 atom stereocenters. The molecule has 27 heavy (non-hydrogen) atoms. The first-order chi connectivity index (χ1) is 12.9. The van der Waals surface area contributed by atoms with E-state index in [1.54, 1.807) is 24.3 Å². The fourth-order valence-corrected chi connectivity index (χ4v) is 3.40. The Morgan fingerprint density at radius 1 is 0.926 bits per heavy atom. The largest absolute Gasteiger partial charge is 0.489 e. The Kier molecular flexibility index (Phi) is 5.37. The summed E-state index contributed by atoms with van der Waals surface area (Å²) in [7, 11) is -3.87. The average Bonchev–Trinajstić information content (AvgIpc) is 2.67. The van der Waals surface area contributed by atoms with Gasteiger partial charge in [0.1, 0.15) is 12.4 Å². The maximum Gasteiger partial charge on any atom is 0.269 e. The summed E-state index contributed by atoms with van der Waals surface area (Å²) in [6.07, 6.45) is 0. The van der Waals surface area contributed by atoms with Gasteiger partial charge in [0.15, 0.2) is 0 Å². The molecule has 0 aliphatic heterocycles. The number of ether oxygens (including phenoxy) is 1. The lowest BCUT2D eigenvalue weighted by Gasteiger charge is -2.11. The molecule has 0 bridgehead atoms. The van der Waals surface area contributed by atoms with E-state index in [0.717, 1.165) is 17.7 Å². The van der Waals surface area contributed by atoms with Gasteiger partial charge in [-0.3, -0.25) is 14.8 Å². The van der Waals surface area contributed by atoms with Gasteiger partial charge in [0.05, 0.1) is 15.5 Å². The highest BCUT2D eigenvalue weighted by Crippen LogP contribution is 2.23. The first-order valence-corrected chi connectivity index (χ1v) is 9.46. The lowest BCUT2D eigenvalue weighted by molar-refractivity contribution is -0.384. The molecule has 0 unspecified atom stereocenters. The maximum atomic E-state index is 12.5. The van der Waals surface area contributed by atoms with Crippen molar-refractivity contribution < 1.29 is 18.1 Å². The van der Waals surface area contributed by atoms with E-state index in [0.29, 0.717) is 18.0 Å². The zero-order valence-corrected chi connectivity index (χ0v) is 14.9. The van der Waals surface area contributed by atoms with Gasteiger partial charge in [0.2, 0.25) is 0 Å². The van der Waals surface area contributed by atoms with Gasteiger partial charge < -0.3 is 4.74 Å². The van der Waals surface area contributed by atoms with Crippen molar-refractivity contribution in [1.29, 1.82) is 0 Å². The Morgan fingerprint density at radius 2 is 1.63 bits per heavy atom. The Balaban J connectivity index is 1.72.